The molecule has 8 rings (SSSR count). The number of hydrogen-bond acceptors (Lipinski definition) is 8. The summed E-state index contributed by atoms with van der Waals surface area (Å²) in [5.41, 5.74) is 1.37. The first-order valence-corrected chi connectivity index (χ1v) is 14.4. The zero-order valence-electron chi connectivity index (χ0n) is 22.9. The number of aromatic hydroxyl groups is 1. The van der Waals surface area contributed by atoms with Gasteiger partial charge in [-0.25, -0.2) is 18.7 Å². The Morgan fingerprint density at radius 3 is 2.93 bits per heavy atom. The topological polar surface area (TPSA) is 83.8 Å². The van der Waals surface area contributed by atoms with Gasteiger partial charge in [0.25, 0.3) is 0 Å². The summed E-state index contributed by atoms with van der Waals surface area (Å²) in [6.45, 7) is 2.93. The maximum atomic E-state index is 14.9. The zero-order valence-corrected chi connectivity index (χ0v) is 22.9. The first kappa shape index (κ1) is 25.6. The molecule has 6 heterocycles. The van der Waals surface area contributed by atoms with Crippen LogP contribution in [0.5, 0.6) is 11.8 Å². The van der Waals surface area contributed by atoms with Gasteiger partial charge in [0.2, 0.25) is 0 Å². The van der Waals surface area contributed by atoms with Crippen LogP contribution in [0.2, 0.25) is 0 Å². The Balaban J connectivity index is 1.26. The van der Waals surface area contributed by atoms with E-state index < -0.39 is 12.0 Å². The summed E-state index contributed by atoms with van der Waals surface area (Å²) in [6, 6.07) is 8.18. The van der Waals surface area contributed by atoms with Crippen molar-refractivity contribution in [3.05, 3.63) is 47.9 Å². The van der Waals surface area contributed by atoms with Gasteiger partial charge in [-0.1, -0.05) is 12.0 Å². The molecule has 0 spiro atoms. The first-order chi connectivity index (χ1) is 20.4. The number of aromatic nitrogens is 3. The summed E-state index contributed by atoms with van der Waals surface area (Å²) in [4.78, 5) is 18.8. The standard InChI is InChI=1S/C32H29F2N5O3/c1-2-23-26(34)5-4-18-8-21(40)10-24(29(18)23)27-11-28-25(30(36-27)39-15-22-9-20(39)16-41-22)13-35-31(37-28)42-17-32-6-3-7-38(32)14-19(33)12-32/h1,4-5,8,10-11,13,19-20,22,40H,3,6-7,9,12,14-17H2/t19-,20-,22-,32+/m1/s1. The van der Waals surface area contributed by atoms with Crippen LogP contribution >= 0.6 is 0 Å². The van der Waals surface area contributed by atoms with Crippen molar-refractivity contribution in [2.75, 3.05) is 37.7 Å². The minimum absolute atomic E-state index is 0.0129. The van der Waals surface area contributed by atoms with E-state index in [4.69, 9.17) is 25.9 Å². The number of hydrogen-bond donors (Lipinski definition) is 1. The lowest BCUT2D eigenvalue weighted by Gasteiger charge is -2.31. The van der Waals surface area contributed by atoms with Gasteiger partial charge in [0.15, 0.2) is 0 Å². The fourth-order valence-electron chi connectivity index (χ4n) is 7.50. The molecule has 1 N–H and O–H groups in total. The Hall–Kier alpha value is -4.07. The van der Waals surface area contributed by atoms with Crippen molar-refractivity contribution < 1.29 is 23.4 Å². The first-order valence-electron chi connectivity index (χ1n) is 14.4. The Labute approximate surface area is 241 Å². The van der Waals surface area contributed by atoms with Gasteiger partial charge in [-0.05, 0) is 55.5 Å². The maximum Gasteiger partial charge on any atom is 0.316 e. The molecule has 0 radical (unpaired) electrons. The lowest BCUT2D eigenvalue weighted by molar-refractivity contribution is 0.0990. The Morgan fingerprint density at radius 2 is 2.12 bits per heavy atom. The number of benzene rings is 2. The second kappa shape index (κ2) is 9.48. The number of fused-ring (bicyclic) bond motifs is 5. The Bertz CT molecular complexity index is 1790. The summed E-state index contributed by atoms with van der Waals surface area (Å²) < 4.78 is 41.2. The van der Waals surface area contributed by atoms with E-state index in [-0.39, 0.29) is 35.0 Å². The molecular weight excluding hydrogens is 540 g/mol. The summed E-state index contributed by atoms with van der Waals surface area (Å²) in [5.74, 6) is 2.67. The highest BCUT2D eigenvalue weighted by atomic mass is 19.1. The van der Waals surface area contributed by atoms with Crippen LogP contribution in [0.1, 0.15) is 31.2 Å². The van der Waals surface area contributed by atoms with Crippen molar-refractivity contribution in [2.24, 2.45) is 0 Å². The number of terminal acetylenes is 1. The molecule has 4 atom stereocenters. The number of nitrogens with zero attached hydrogens (tertiary/aromatic N) is 5. The lowest BCUT2D eigenvalue weighted by Crippen LogP contribution is -2.43. The summed E-state index contributed by atoms with van der Waals surface area (Å²) >= 11 is 0. The van der Waals surface area contributed by atoms with E-state index in [9.17, 15) is 13.9 Å². The molecule has 4 fully saturated rings. The lowest BCUT2D eigenvalue weighted by atomic mass is 9.95. The van der Waals surface area contributed by atoms with Crippen molar-refractivity contribution in [2.45, 2.75) is 49.5 Å². The van der Waals surface area contributed by atoms with E-state index in [2.05, 4.69) is 20.7 Å². The minimum Gasteiger partial charge on any atom is -0.508 e. The van der Waals surface area contributed by atoms with E-state index in [1.807, 2.05) is 0 Å². The zero-order chi connectivity index (χ0) is 28.6. The number of anilines is 1. The number of pyridine rings is 1. The van der Waals surface area contributed by atoms with Crippen LogP contribution in [-0.2, 0) is 4.74 Å². The van der Waals surface area contributed by atoms with Crippen molar-refractivity contribution in [1.82, 2.24) is 19.9 Å². The molecule has 0 amide bonds. The molecule has 4 aliphatic heterocycles. The molecule has 2 bridgehead atoms. The van der Waals surface area contributed by atoms with E-state index in [1.54, 1.807) is 30.5 Å². The predicted octanol–water partition coefficient (Wildman–Crippen LogP) is 4.60. The van der Waals surface area contributed by atoms with Gasteiger partial charge in [0, 0.05) is 36.7 Å². The van der Waals surface area contributed by atoms with Crippen molar-refractivity contribution in [1.29, 1.82) is 0 Å². The van der Waals surface area contributed by atoms with E-state index in [1.165, 1.54) is 6.07 Å². The number of rotatable bonds is 5. The van der Waals surface area contributed by atoms with Crippen LogP contribution in [0.25, 0.3) is 32.9 Å². The van der Waals surface area contributed by atoms with Gasteiger partial charge in [-0.15, -0.1) is 6.42 Å². The third-order valence-corrected chi connectivity index (χ3v) is 9.41. The van der Waals surface area contributed by atoms with Gasteiger partial charge in [0.05, 0.1) is 46.5 Å². The molecule has 2 aromatic heterocycles. The molecule has 8 nitrogen and oxygen atoms in total. The SMILES string of the molecule is C#Cc1c(F)ccc2cc(O)cc(-c3cc4nc(OC[C@@]56CCCN5C[C@H](F)C6)ncc4c(N4C[C@H]5C[C@@H]4CO5)n3)c12. The third-order valence-electron chi connectivity index (χ3n) is 9.41. The van der Waals surface area contributed by atoms with Crippen LogP contribution in [-0.4, -0.2) is 81.7 Å². The average molecular weight is 570 g/mol. The monoisotopic (exact) mass is 569 g/mol. The molecule has 2 aromatic carbocycles. The van der Waals surface area contributed by atoms with Gasteiger partial charge in [0.1, 0.15) is 30.2 Å². The average Bonchev–Trinajstić information content (AvgIpc) is 3.76. The van der Waals surface area contributed by atoms with Crippen LogP contribution < -0.4 is 9.64 Å². The number of morpholine rings is 1. The number of halogens is 2. The fourth-order valence-corrected chi connectivity index (χ4v) is 7.50. The van der Waals surface area contributed by atoms with Gasteiger partial charge < -0.3 is 19.5 Å². The summed E-state index contributed by atoms with van der Waals surface area (Å²) in [6.07, 6.45) is 10.0. The Kier molecular flexibility index (Phi) is 5.78. The molecule has 0 unspecified atom stereocenters. The molecule has 214 valence electrons. The van der Waals surface area contributed by atoms with Crippen molar-refractivity contribution >= 4 is 27.5 Å². The van der Waals surface area contributed by atoms with Crippen LogP contribution in [0.4, 0.5) is 14.6 Å². The summed E-state index contributed by atoms with van der Waals surface area (Å²) in [5, 5.41) is 12.5. The van der Waals surface area contributed by atoms with Crippen molar-refractivity contribution in [3.63, 3.8) is 0 Å². The van der Waals surface area contributed by atoms with Crippen LogP contribution in [0.3, 0.4) is 0 Å². The van der Waals surface area contributed by atoms with E-state index in [0.29, 0.717) is 66.1 Å². The number of alkyl halides is 1. The largest absolute Gasteiger partial charge is 0.508 e. The highest BCUT2D eigenvalue weighted by Gasteiger charge is 2.49. The molecule has 4 aliphatic rings. The van der Waals surface area contributed by atoms with Gasteiger partial charge in [-0.2, -0.15) is 4.98 Å². The molecular formula is C32H29F2N5O3. The molecule has 4 aromatic rings. The Morgan fingerprint density at radius 1 is 1.21 bits per heavy atom. The quantitative estimate of drug-likeness (QED) is 0.349. The highest BCUT2D eigenvalue weighted by molar-refractivity contribution is 6.03. The highest BCUT2D eigenvalue weighted by Crippen LogP contribution is 2.42. The molecule has 42 heavy (non-hydrogen) atoms. The van der Waals surface area contributed by atoms with Gasteiger partial charge in [-0.3, -0.25) is 4.90 Å². The van der Waals surface area contributed by atoms with Crippen LogP contribution in [0, 0.1) is 18.2 Å². The van der Waals surface area contributed by atoms with E-state index in [0.717, 1.165) is 31.2 Å². The molecule has 4 saturated heterocycles. The predicted molar refractivity (Wildman–Crippen MR) is 154 cm³/mol. The molecule has 10 heteroatoms. The minimum atomic E-state index is -0.850. The second-order valence-electron chi connectivity index (χ2n) is 11.9. The molecule has 0 saturated carbocycles. The van der Waals surface area contributed by atoms with Crippen molar-refractivity contribution in [3.8, 4) is 35.4 Å². The number of phenols is 1. The van der Waals surface area contributed by atoms with Gasteiger partial charge >= 0.3 is 6.01 Å². The van der Waals surface area contributed by atoms with Crippen LogP contribution in [0.15, 0.2) is 36.5 Å². The second-order valence-corrected chi connectivity index (χ2v) is 11.9. The summed E-state index contributed by atoms with van der Waals surface area (Å²) in [7, 11) is 0. The molecule has 0 aliphatic carbocycles. The fraction of sp³-hybridized carbons (Fsp3) is 0.406. The number of ether oxygens (including phenoxy) is 2. The number of phenolic OH excluding ortho intramolecular Hbond substituents is 1. The third kappa shape index (κ3) is 3.98. The smallest absolute Gasteiger partial charge is 0.316 e. The van der Waals surface area contributed by atoms with E-state index >= 15 is 0 Å². The normalized spacial score (nSPS) is 26.8. The maximum absolute atomic E-state index is 14.9.